The second kappa shape index (κ2) is 6.47. The van der Waals surface area contributed by atoms with Crippen molar-refractivity contribution in [2.45, 2.75) is 25.3 Å². The lowest BCUT2D eigenvalue weighted by atomic mass is 9.91. The average molecular weight is 321 g/mol. The molecule has 7 heteroatoms. The van der Waals surface area contributed by atoms with Gasteiger partial charge in [0.15, 0.2) is 5.22 Å². The Hall–Kier alpha value is -0.560. The summed E-state index contributed by atoms with van der Waals surface area (Å²) >= 11 is 5.81. The van der Waals surface area contributed by atoms with Crippen molar-refractivity contribution in [3.63, 3.8) is 0 Å². The molecule has 1 N–H and O–H groups in total. The number of hydrogen-bond acceptors (Lipinski definition) is 4. The van der Waals surface area contributed by atoms with Gasteiger partial charge in [0.05, 0.1) is 12.3 Å². The molecule has 2 rings (SSSR count). The van der Waals surface area contributed by atoms with E-state index in [0.29, 0.717) is 24.2 Å². The average Bonchev–Trinajstić information content (AvgIpc) is 2.82. The summed E-state index contributed by atoms with van der Waals surface area (Å²) in [6, 6.07) is 3.65. The van der Waals surface area contributed by atoms with Crippen molar-refractivity contribution in [3.8, 4) is 0 Å². The van der Waals surface area contributed by atoms with Gasteiger partial charge in [-0.3, -0.25) is 0 Å². The number of halogens is 1. The Balaban J connectivity index is 2.01. The highest BCUT2D eigenvalue weighted by Crippen LogP contribution is 2.30. The molecule has 1 fully saturated rings. The molecule has 0 spiro atoms. The molecule has 0 aliphatic carbocycles. The topological polar surface area (TPSA) is 62.6 Å². The molecule has 5 nitrogen and oxygen atoms in total. The van der Waals surface area contributed by atoms with E-state index in [1.54, 1.807) is 10.4 Å². The van der Waals surface area contributed by atoms with Gasteiger partial charge in [-0.15, -0.1) is 0 Å². The minimum atomic E-state index is -3.09. The molecule has 0 saturated carbocycles. The van der Waals surface area contributed by atoms with Crippen molar-refractivity contribution in [3.05, 3.63) is 23.1 Å². The van der Waals surface area contributed by atoms with Gasteiger partial charge in [0.1, 0.15) is 5.76 Å². The summed E-state index contributed by atoms with van der Waals surface area (Å²) in [5.74, 6) is 1.13. The van der Waals surface area contributed by atoms with Crippen LogP contribution in [0.1, 0.15) is 31.1 Å². The fourth-order valence-corrected chi connectivity index (χ4v) is 3.84. The van der Waals surface area contributed by atoms with E-state index in [1.807, 2.05) is 13.1 Å². The highest BCUT2D eigenvalue weighted by Gasteiger charge is 2.28. The van der Waals surface area contributed by atoms with Gasteiger partial charge in [-0.05, 0) is 56.0 Å². The normalized spacial score (nSPS) is 22.9. The minimum absolute atomic E-state index is 0.0620. The summed E-state index contributed by atoms with van der Waals surface area (Å²) in [5.41, 5.74) is 0. The molecule has 1 aromatic heterocycles. The molecule has 1 saturated heterocycles. The first-order valence-corrected chi connectivity index (χ1v) is 9.00. The number of furan rings is 1. The van der Waals surface area contributed by atoms with E-state index in [-0.39, 0.29) is 6.04 Å². The number of nitrogens with zero attached hydrogens (tertiary/aromatic N) is 1. The smallest absolute Gasteiger partial charge is 0.211 e. The first-order chi connectivity index (χ1) is 9.40. The van der Waals surface area contributed by atoms with E-state index in [4.69, 9.17) is 16.0 Å². The Labute approximate surface area is 125 Å². The minimum Gasteiger partial charge on any atom is -0.448 e. The van der Waals surface area contributed by atoms with Crippen LogP contribution in [0, 0.1) is 5.92 Å². The molecule has 2 atom stereocenters. The van der Waals surface area contributed by atoms with Gasteiger partial charge in [0.25, 0.3) is 0 Å². The summed E-state index contributed by atoms with van der Waals surface area (Å²) in [6.45, 7) is 1.22. The van der Waals surface area contributed by atoms with Crippen LogP contribution in [-0.4, -0.2) is 39.1 Å². The lowest BCUT2D eigenvalue weighted by Crippen LogP contribution is -2.40. The molecular formula is C13H21ClN2O3S. The molecule has 2 heterocycles. The molecule has 0 aromatic carbocycles. The van der Waals surface area contributed by atoms with Crippen LogP contribution in [0.2, 0.25) is 5.22 Å². The lowest BCUT2D eigenvalue weighted by molar-refractivity contribution is 0.233. The molecule has 1 aliphatic heterocycles. The third kappa shape index (κ3) is 3.97. The van der Waals surface area contributed by atoms with Gasteiger partial charge < -0.3 is 9.73 Å². The Bertz CT molecular complexity index is 544. The van der Waals surface area contributed by atoms with E-state index in [1.165, 1.54) is 6.26 Å². The number of hydrogen-bond donors (Lipinski definition) is 1. The molecular weight excluding hydrogens is 300 g/mol. The van der Waals surface area contributed by atoms with E-state index in [9.17, 15) is 8.42 Å². The van der Waals surface area contributed by atoms with Crippen LogP contribution in [0.15, 0.2) is 16.5 Å². The second-order valence-electron chi connectivity index (χ2n) is 5.35. The summed E-state index contributed by atoms with van der Waals surface area (Å²) in [5, 5.41) is 3.59. The Morgan fingerprint density at radius 1 is 1.55 bits per heavy atom. The summed E-state index contributed by atoms with van der Waals surface area (Å²) in [4.78, 5) is 0. The maximum Gasteiger partial charge on any atom is 0.211 e. The van der Waals surface area contributed by atoms with E-state index in [0.717, 1.165) is 25.0 Å². The van der Waals surface area contributed by atoms with Crippen molar-refractivity contribution >= 4 is 21.6 Å². The van der Waals surface area contributed by atoms with Crippen LogP contribution in [0.3, 0.4) is 0 Å². The Morgan fingerprint density at radius 2 is 2.30 bits per heavy atom. The van der Waals surface area contributed by atoms with Gasteiger partial charge in [-0.1, -0.05) is 0 Å². The maximum atomic E-state index is 11.6. The third-order valence-corrected chi connectivity index (χ3v) is 5.28. The molecule has 1 aromatic rings. The van der Waals surface area contributed by atoms with Crippen molar-refractivity contribution in [1.29, 1.82) is 0 Å². The van der Waals surface area contributed by atoms with Crippen molar-refractivity contribution in [2.75, 3.05) is 26.4 Å². The van der Waals surface area contributed by atoms with Crippen LogP contribution in [0.25, 0.3) is 0 Å². The van der Waals surface area contributed by atoms with Crippen LogP contribution >= 0.6 is 11.6 Å². The summed E-state index contributed by atoms with van der Waals surface area (Å²) < 4.78 is 30.3. The Morgan fingerprint density at radius 3 is 2.85 bits per heavy atom. The summed E-state index contributed by atoms with van der Waals surface area (Å²) in [7, 11) is -1.22. The van der Waals surface area contributed by atoms with Gasteiger partial charge in [0, 0.05) is 13.1 Å². The molecule has 0 radical (unpaired) electrons. The quantitative estimate of drug-likeness (QED) is 0.904. The Kier molecular flexibility index (Phi) is 5.12. The van der Waals surface area contributed by atoms with Crippen molar-refractivity contribution in [1.82, 2.24) is 9.62 Å². The standard InChI is InChI=1S/C13H21ClN2O3S/c1-15-11(12-5-6-13(14)19-12)8-10-4-3-7-16(9-10)20(2,17)18/h5-6,10-11,15H,3-4,7-9H2,1-2H3. The zero-order valence-corrected chi connectivity index (χ0v) is 13.4. The highest BCUT2D eigenvalue weighted by molar-refractivity contribution is 7.88. The number of piperidine rings is 1. The second-order valence-corrected chi connectivity index (χ2v) is 7.70. The van der Waals surface area contributed by atoms with E-state index >= 15 is 0 Å². The largest absolute Gasteiger partial charge is 0.448 e. The van der Waals surface area contributed by atoms with Crippen LogP contribution < -0.4 is 5.32 Å². The first-order valence-electron chi connectivity index (χ1n) is 6.77. The fraction of sp³-hybridized carbons (Fsp3) is 0.692. The molecule has 0 amide bonds. The molecule has 20 heavy (non-hydrogen) atoms. The predicted octanol–water partition coefficient (Wildman–Crippen LogP) is 2.26. The fourth-order valence-electron chi connectivity index (χ4n) is 2.75. The van der Waals surface area contributed by atoms with Gasteiger partial charge in [-0.25, -0.2) is 12.7 Å². The highest BCUT2D eigenvalue weighted by atomic mass is 35.5. The van der Waals surface area contributed by atoms with E-state index < -0.39 is 10.0 Å². The maximum absolute atomic E-state index is 11.6. The monoisotopic (exact) mass is 320 g/mol. The van der Waals surface area contributed by atoms with Gasteiger partial charge >= 0.3 is 0 Å². The third-order valence-electron chi connectivity index (χ3n) is 3.81. The van der Waals surface area contributed by atoms with Crippen LogP contribution in [-0.2, 0) is 10.0 Å². The number of sulfonamides is 1. The lowest BCUT2D eigenvalue weighted by Gasteiger charge is -2.32. The van der Waals surface area contributed by atoms with Gasteiger partial charge in [0.2, 0.25) is 10.0 Å². The first kappa shape index (κ1) is 15.8. The molecule has 0 bridgehead atoms. The number of rotatable bonds is 5. The van der Waals surface area contributed by atoms with Crippen LogP contribution in [0.4, 0.5) is 0 Å². The van der Waals surface area contributed by atoms with Gasteiger partial charge in [-0.2, -0.15) is 0 Å². The number of nitrogens with one attached hydrogen (secondary N) is 1. The van der Waals surface area contributed by atoms with E-state index in [2.05, 4.69) is 5.32 Å². The molecule has 114 valence electrons. The zero-order valence-electron chi connectivity index (χ0n) is 11.8. The SMILES string of the molecule is CNC(CC1CCCN(S(C)(=O)=O)C1)c1ccc(Cl)o1. The predicted molar refractivity (Wildman–Crippen MR) is 79.3 cm³/mol. The van der Waals surface area contributed by atoms with Crippen molar-refractivity contribution in [2.24, 2.45) is 5.92 Å². The zero-order chi connectivity index (χ0) is 14.8. The van der Waals surface area contributed by atoms with Crippen molar-refractivity contribution < 1.29 is 12.8 Å². The molecule has 2 unspecified atom stereocenters. The van der Waals surface area contributed by atoms with Crippen LogP contribution in [0.5, 0.6) is 0 Å². The summed E-state index contributed by atoms with van der Waals surface area (Å²) in [6.07, 6.45) is 4.06. The molecule has 1 aliphatic rings.